The highest BCUT2D eigenvalue weighted by Gasteiger charge is 2.63. The first kappa shape index (κ1) is 11.5. The fraction of sp³-hybridized carbons (Fsp3) is 0.923. The number of likely N-dealkylation sites (tertiary alicyclic amines) is 1. The molecule has 0 aromatic carbocycles. The van der Waals surface area contributed by atoms with Gasteiger partial charge in [0, 0.05) is 19.6 Å². The van der Waals surface area contributed by atoms with E-state index in [1.807, 2.05) is 4.90 Å². The molecule has 0 spiro atoms. The molecule has 2 saturated heterocycles. The largest absolute Gasteiger partial charge is 0.364 e. The average molecular weight is 238 g/mol. The molecule has 0 bridgehead atoms. The third kappa shape index (κ3) is 1.69. The molecule has 96 valence electrons. The van der Waals surface area contributed by atoms with E-state index in [0.717, 1.165) is 37.8 Å². The number of nitrogens with two attached hydrogens (primary N) is 1. The summed E-state index contributed by atoms with van der Waals surface area (Å²) in [4.78, 5) is 14.3. The van der Waals surface area contributed by atoms with Gasteiger partial charge in [-0.1, -0.05) is 13.8 Å². The maximum absolute atomic E-state index is 12.2. The zero-order valence-electron chi connectivity index (χ0n) is 10.7. The molecule has 3 rings (SSSR count). The second-order valence-electron chi connectivity index (χ2n) is 6.34. The summed E-state index contributed by atoms with van der Waals surface area (Å²) >= 11 is 0. The second kappa shape index (κ2) is 3.69. The zero-order chi connectivity index (χ0) is 12.2. The van der Waals surface area contributed by atoms with Crippen molar-refractivity contribution in [1.82, 2.24) is 4.90 Å². The standard InChI is InChI=1S/C13H22N2O2/c1-13(2)9-6-15(7-10(9)13)12(16)11-4-3-8(5-14)17-11/h8-11H,3-7,14H2,1-2H3/t8-,9?,10?,11+/m1/s1. The molecule has 17 heavy (non-hydrogen) atoms. The van der Waals surface area contributed by atoms with Crippen LogP contribution in [-0.4, -0.2) is 42.6 Å². The van der Waals surface area contributed by atoms with Crippen LogP contribution in [0.25, 0.3) is 0 Å². The molecule has 4 heteroatoms. The van der Waals surface area contributed by atoms with Crippen LogP contribution in [0, 0.1) is 17.3 Å². The molecule has 2 N–H and O–H groups in total. The highest BCUT2D eigenvalue weighted by molar-refractivity contribution is 5.81. The SMILES string of the molecule is CC1(C)C2CN(C(=O)[C@@H]3CC[C@H](CN)O3)CC21. The quantitative estimate of drug-likeness (QED) is 0.767. The van der Waals surface area contributed by atoms with Crippen LogP contribution in [-0.2, 0) is 9.53 Å². The molecule has 1 aliphatic carbocycles. The maximum atomic E-state index is 12.2. The van der Waals surface area contributed by atoms with Crippen molar-refractivity contribution in [2.24, 2.45) is 23.0 Å². The molecular weight excluding hydrogens is 216 g/mol. The number of nitrogens with zero attached hydrogens (tertiary/aromatic N) is 1. The van der Waals surface area contributed by atoms with Crippen LogP contribution < -0.4 is 5.73 Å². The summed E-state index contributed by atoms with van der Waals surface area (Å²) in [6.45, 7) is 7.01. The summed E-state index contributed by atoms with van der Waals surface area (Å²) in [6.07, 6.45) is 1.65. The van der Waals surface area contributed by atoms with Crippen LogP contribution in [0.3, 0.4) is 0 Å². The number of ether oxygens (including phenoxy) is 1. The van der Waals surface area contributed by atoms with Gasteiger partial charge in [0.25, 0.3) is 5.91 Å². The first-order valence-corrected chi connectivity index (χ1v) is 6.68. The summed E-state index contributed by atoms with van der Waals surface area (Å²) in [5, 5.41) is 0. The Hall–Kier alpha value is -0.610. The van der Waals surface area contributed by atoms with Crippen molar-refractivity contribution >= 4 is 5.91 Å². The molecule has 4 atom stereocenters. The van der Waals surface area contributed by atoms with Gasteiger partial charge in [-0.2, -0.15) is 0 Å². The fourth-order valence-electron chi connectivity index (χ4n) is 3.58. The Morgan fingerprint density at radius 3 is 2.53 bits per heavy atom. The van der Waals surface area contributed by atoms with E-state index in [1.165, 1.54) is 0 Å². The lowest BCUT2D eigenvalue weighted by Gasteiger charge is -2.25. The Labute approximate surface area is 102 Å². The Bertz CT molecular complexity index is 328. The first-order valence-electron chi connectivity index (χ1n) is 6.68. The van der Waals surface area contributed by atoms with Gasteiger partial charge in [-0.15, -0.1) is 0 Å². The lowest BCUT2D eigenvalue weighted by atomic mass is 10.1. The van der Waals surface area contributed by atoms with Crippen molar-refractivity contribution in [2.45, 2.75) is 38.9 Å². The summed E-state index contributed by atoms with van der Waals surface area (Å²) < 4.78 is 5.67. The van der Waals surface area contributed by atoms with Crippen LogP contribution in [0.2, 0.25) is 0 Å². The molecule has 1 amide bonds. The predicted octanol–water partition coefficient (Wildman–Crippen LogP) is 0.607. The van der Waals surface area contributed by atoms with Crippen molar-refractivity contribution in [2.75, 3.05) is 19.6 Å². The van der Waals surface area contributed by atoms with Gasteiger partial charge in [-0.25, -0.2) is 0 Å². The van der Waals surface area contributed by atoms with Crippen LogP contribution in [0.1, 0.15) is 26.7 Å². The van der Waals surface area contributed by atoms with E-state index in [1.54, 1.807) is 0 Å². The lowest BCUT2D eigenvalue weighted by Crippen LogP contribution is -2.40. The summed E-state index contributed by atoms with van der Waals surface area (Å²) in [5.41, 5.74) is 6.03. The number of hydrogen-bond acceptors (Lipinski definition) is 3. The van der Waals surface area contributed by atoms with Crippen molar-refractivity contribution in [3.05, 3.63) is 0 Å². The molecule has 3 aliphatic rings. The number of amides is 1. The maximum Gasteiger partial charge on any atom is 0.251 e. The molecule has 4 nitrogen and oxygen atoms in total. The van der Waals surface area contributed by atoms with Crippen LogP contribution in [0.4, 0.5) is 0 Å². The van der Waals surface area contributed by atoms with E-state index in [4.69, 9.17) is 10.5 Å². The number of carbonyl (C=O) groups is 1. The molecule has 1 saturated carbocycles. The van der Waals surface area contributed by atoms with Crippen molar-refractivity contribution < 1.29 is 9.53 Å². The normalized spacial score (nSPS) is 42.6. The van der Waals surface area contributed by atoms with E-state index in [9.17, 15) is 4.79 Å². The number of rotatable bonds is 2. The third-order valence-electron chi connectivity index (χ3n) is 5.08. The smallest absolute Gasteiger partial charge is 0.251 e. The van der Waals surface area contributed by atoms with E-state index in [2.05, 4.69) is 13.8 Å². The van der Waals surface area contributed by atoms with Gasteiger partial charge in [0.05, 0.1) is 6.10 Å². The van der Waals surface area contributed by atoms with Gasteiger partial charge in [0.1, 0.15) is 6.10 Å². The van der Waals surface area contributed by atoms with Gasteiger partial charge >= 0.3 is 0 Å². The molecule has 2 heterocycles. The van der Waals surface area contributed by atoms with E-state index in [0.29, 0.717) is 12.0 Å². The van der Waals surface area contributed by atoms with Crippen LogP contribution >= 0.6 is 0 Å². The van der Waals surface area contributed by atoms with Gasteiger partial charge in [0.2, 0.25) is 0 Å². The highest BCUT2D eigenvalue weighted by atomic mass is 16.5. The minimum absolute atomic E-state index is 0.0949. The van der Waals surface area contributed by atoms with Gasteiger partial charge in [-0.05, 0) is 30.1 Å². The predicted molar refractivity (Wildman–Crippen MR) is 64.3 cm³/mol. The molecular formula is C13H22N2O2. The molecule has 3 fully saturated rings. The molecule has 0 radical (unpaired) electrons. The lowest BCUT2D eigenvalue weighted by molar-refractivity contribution is -0.142. The average Bonchev–Trinajstić information content (AvgIpc) is 2.81. The van der Waals surface area contributed by atoms with Crippen molar-refractivity contribution in [3.63, 3.8) is 0 Å². The second-order valence-corrected chi connectivity index (χ2v) is 6.34. The molecule has 2 aliphatic heterocycles. The Balaban J connectivity index is 1.56. The van der Waals surface area contributed by atoms with Gasteiger partial charge in [0.15, 0.2) is 0 Å². The third-order valence-corrected chi connectivity index (χ3v) is 5.08. The number of piperidine rings is 1. The van der Waals surface area contributed by atoms with Crippen LogP contribution in [0.15, 0.2) is 0 Å². The summed E-state index contributed by atoms with van der Waals surface area (Å²) in [7, 11) is 0. The topological polar surface area (TPSA) is 55.6 Å². The minimum atomic E-state index is -0.218. The summed E-state index contributed by atoms with van der Waals surface area (Å²) in [6, 6.07) is 0. The molecule has 2 unspecified atom stereocenters. The van der Waals surface area contributed by atoms with Gasteiger partial charge in [-0.3, -0.25) is 4.79 Å². The highest BCUT2D eigenvalue weighted by Crippen LogP contribution is 2.62. The van der Waals surface area contributed by atoms with Crippen molar-refractivity contribution in [1.29, 1.82) is 0 Å². The van der Waals surface area contributed by atoms with E-state index < -0.39 is 0 Å². The Morgan fingerprint density at radius 2 is 2.00 bits per heavy atom. The van der Waals surface area contributed by atoms with E-state index >= 15 is 0 Å². The van der Waals surface area contributed by atoms with Crippen molar-refractivity contribution in [3.8, 4) is 0 Å². The van der Waals surface area contributed by atoms with E-state index in [-0.39, 0.29) is 18.1 Å². The van der Waals surface area contributed by atoms with Gasteiger partial charge < -0.3 is 15.4 Å². The monoisotopic (exact) mass is 238 g/mol. The molecule has 0 aromatic heterocycles. The summed E-state index contributed by atoms with van der Waals surface area (Å²) in [5.74, 6) is 1.64. The Morgan fingerprint density at radius 1 is 1.35 bits per heavy atom. The minimum Gasteiger partial charge on any atom is -0.364 e. The fourth-order valence-corrected chi connectivity index (χ4v) is 3.58. The number of carbonyl (C=O) groups excluding carboxylic acids is 1. The zero-order valence-corrected chi connectivity index (χ0v) is 10.7. The van der Waals surface area contributed by atoms with Crippen LogP contribution in [0.5, 0.6) is 0 Å². The first-order chi connectivity index (χ1) is 8.04. The molecule has 0 aromatic rings. The Kier molecular flexibility index (Phi) is 2.49. The number of fused-ring (bicyclic) bond motifs is 1. The number of hydrogen-bond donors (Lipinski definition) is 1.